The third-order valence-electron chi connectivity index (χ3n) is 6.40. The Balaban J connectivity index is 1.48. The summed E-state index contributed by atoms with van der Waals surface area (Å²) in [5.41, 5.74) is 1.84. The number of fused-ring (bicyclic) bond motifs is 1. The number of aryl methyl sites for hydroxylation is 1. The van der Waals surface area contributed by atoms with E-state index >= 15 is 0 Å². The molecule has 1 saturated heterocycles. The van der Waals surface area contributed by atoms with Gasteiger partial charge in [-0.3, -0.25) is 13.9 Å². The first-order valence-corrected chi connectivity index (χ1v) is 13.1. The number of nitriles is 1. The molecule has 2 N–H and O–H groups in total. The van der Waals surface area contributed by atoms with Crippen LogP contribution in [0.4, 0.5) is 4.39 Å². The van der Waals surface area contributed by atoms with E-state index in [0.29, 0.717) is 28.8 Å². The maximum atomic E-state index is 13.5. The summed E-state index contributed by atoms with van der Waals surface area (Å²) in [5.74, 6) is -1.85. The van der Waals surface area contributed by atoms with Gasteiger partial charge in [0.05, 0.1) is 18.7 Å². The molecule has 1 unspecified atom stereocenters. The van der Waals surface area contributed by atoms with Gasteiger partial charge in [0, 0.05) is 43.9 Å². The van der Waals surface area contributed by atoms with Crippen LogP contribution in [0.15, 0.2) is 54.0 Å². The molecule has 1 aromatic heterocycles. The Hall–Kier alpha value is -4.15. The fourth-order valence-corrected chi connectivity index (χ4v) is 5.52. The van der Waals surface area contributed by atoms with E-state index in [2.05, 4.69) is 20.6 Å². The van der Waals surface area contributed by atoms with Crippen LogP contribution in [0.25, 0.3) is 0 Å². The van der Waals surface area contributed by atoms with E-state index in [1.54, 1.807) is 25.1 Å². The van der Waals surface area contributed by atoms with E-state index in [4.69, 9.17) is 0 Å². The van der Waals surface area contributed by atoms with E-state index in [1.807, 2.05) is 6.07 Å². The zero-order valence-corrected chi connectivity index (χ0v) is 21.8. The van der Waals surface area contributed by atoms with E-state index in [9.17, 15) is 27.7 Å². The Bertz CT molecular complexity index is 1500. The topological polar surface area (TPSA) is 148 Å². The van der Waals surface area contributed by atoms with Gasteiger partial charge in [-0.25, -0.2) is 14.4 Å². The molecule has 2 amide bonds. The third-order valence-corrected chi connectivity index (χ3v) is 8.24. The molecule has 1 aliphatic heterocycles. The molecule has 1 aromatic carbocycles. The van der Waals surface area contributed by atoms with Crippen LogP contribution >= 0.6 is 0 Å². The molecule has 13 heteroatoms. The van der Waals surface area contributed by atoms with E-state index < -0.39 is 28.1 Å². The van der Waals surface area contributed by atoms with Gasteiger partial charge in [0.1, 0.15) is 23.5 Å². The Morgan fingerprint density at radius 2 is 1.92 bits per heavy atom. The Morgan fingerprint density at radius 3 is 2.58 bits per heavy atom. The molecule has 2 aliphatic rings. The summed E-state index contributed by atoms with van der Waals surface area (Å²) in [7, 11) is -1.04. The largest absolute Gasteiger partial charge is 0.347 e. The monoisotopic (exact) mass is 539 g/mol. The average molecular weight is 540 g/mol. The predicted octanol–water partition coefficient (Wildman–Crippen LogP) is 1.43. The number of nitrogens with one attached hydrogen (secondary N) is 2. The van der Waals surface area contributed by atoms with E-state index in [-0.39, 0.29) is 36.2 Å². The summed E-state index contributed by atoms with van der Waals surface area (Å²) in [5, 5.41) is 14.8. The first kappa shape index (κ1) is 26.9. The van der Waals surface area contributed by atoms with Crippen LogP contribution in [0.5, 0.6) is 0 Å². The molecule has 0 saturated carbocycles. The lowest BCUT2D eigenvalue weighted by Crippen LogP contribution is -2.43. The molecule has 0 spiro atoms. The summed E-state index contributed by atoms with van der Waals surface area (Å²) in [4.78, 5) is 33.6. The van der Waals surface area contributed by atoms with Crippen LogP contribution in [0.3, 0.4) is 0 Å². The molecule has 2 aromatic rings. The number of amides is 2. The number of aromatic nitrogens is 2. The number of hydrogen-bond donors (Lipinski definition) is 2. The van der Waals surface area contributed by atoms with Crippen molar-refractivity contribution in [3.8, 4) is 6.07 Å². The van der Waals surface area contributed by atoms with Crippen molar-refractivity contribution in [3.05, 3.63) is 82.3 Å². The molecule has 2 heterocycles. The summed E-state index contributed by atoms with van der Waals surface area (Å²) in [6.45, 7) is 1.74. The Morgan fingerprint density at radius 1 is 1.21 bits per heavy atom. The smallest absolute Gasteiger partial charge is 0.303 e. The van der Waals surface area contributed by atoms with E-state index in [0.717, 1.165) is 10.6 Å². The van der Waals surface area contributed by atoms with Gasteiger partial charge in [-0.15, -0.1) is 0 Å². The fraction of sp³-hybridized carbons (Fsp3) is 0.320. The first-order valence-electron chi connectivity index (χ1n) is 11.7. The second-order valence-corrected chi connectivity index (χ2v) is 11.2. The minimum Gasteiger partial charge on any atom is -0.347 e. The van der Waals surface area contributed by atoms with Crippen LogP contribution in [0, 0.1) is 30.0 Å². The van der Waals surface area contributed by atoms with Crippen LogP contribution < -0.4 is 10.6 Å². The lowest BCUT2D eigenvalue weighted by Gasteiger charge is -2.26. The number of allylic oxidation sites excluding steroid dienone is 3. The Kier molecular flexibility index (Phi) is 7.56. The molecule has 1 aliphatic carbocycles. The van der Waals surface area contributed by atoms with Crippen LogP contribution in [0.1, 0.15) is 38.5 Å². The molecule has 198 valence electrons. The van der Waals surface area contributed by atoms with Crippen LogP contribution in [-0.2, 0) is 16.8 Å². The van der Waals surface area contributed by atoms with Crippen molar-refractivity contribution in [2.24, 2.45) is 5.92 Å². The number of halogens is 1. The van der Waals surface area contributed by atoms with Crippen molar-refractivity contribution in [1.29, 1.82) is 5.26 Å². The van der Waals surface area contributed by atoms with Crippen LogP contribution in [0.2, 0.25) is 0 Å². The summed E-state index contributed by atoms with van der Waals surface area (Å²) >= 11 is 0. The van der Waals surface area contributed by atoms with Gasteiger partial charge < -0.3 is 10.6 Å². The number of rotatable bonds is 7. The minimum absolute atomic E-state index is 0.0230. The molecular weight excluding hydrogens is 513 g/mol. The summed E-state index contributed by atoms with van der Waals surface area (Å²) in [6, 6.07) is 7.19. The number of hydrogen-bond acceptors (Lipinski definition) is 7. The standard InChI is InChI=1S/C25H26FN7O4S/c1-15-8-17(5-7-19(15)26)12-28-24(34)20-10-21(30-14-29-20)25(35)31-22-13-33(38(36,37)32(2)3)23-9-16(11-27)4-6-18(22)23/h4-5,7-10,14,18,22H,6,12-13H2,1-3H3,(H,28,34)(H,31,35)/t18?,22-/m0/s1. The van der Waals surface area contributed by atoms with Crippen molar-refractivity contribution in [2.75, 3.05) is 20.6 Å². The third kappa shape index (κ3) is 5.41. The fourth-order valence-electron chi connectivity index (χ4n) is 4.32. The molecule has 0 radical (unpaired) electrons. The molecule has 1 fully saturated rings. The number of benzene rings is 1. The molecule has 2 atom stereocenters. The maximum Gasteiger partial charge on any atom is 0.303 e. The van der Waals surface area contributed by atoms with Crippen molar-refractivity contribution >= 4 is 22.0 Å². The zero-order chi connectivity index (χ0) is 27.6. The first-order chi connectivity index (χ1) is 18.0. The number of carbonyl (C=O) groups is 2. The van der Waals surface area contributed by atoms with Gasteiger partial charge in [0.25, 0.3) is 11.8 Å². The highest BCUT2D eigenvalue weighted by atomic mass is 32.2. The van der Waals surface area contributed by atoms with Crippen molar-refractivity contribution < 1.29 is 22.4 Å². The minimum atomic E-state index is -3.85. The normalized spacial score (nSPS) is 18.8. The number of nitrogens with zero attached hydrogens (tertiary/aromatic N) is 5. The summed E-state index contributed by atoms with van der Waals surface area (Å²) < 4.78 is 41.6. The second-order valence-electron chi connectivity index (χ2n) is 9.14. The van der Waals surface area contributed by atoms with Crippen LogP contribution in [-0.4, -0.2) is 65.5 Å². The molecule has 4 rings (SSSR count). The SMILES string of the molecule is Cc1cc(CNC(=O)c2cc(C(=O)N[C@H]3CN(S(=O)(=O)N(C)C)C4=CC(C#N)=CCC43)ncn2)ccc1F. The van der Waals surface area contributed by atoms with Gasteiger partial charge in [-0.2, -0.15) is 18.0 Å². The Labute approximate surface area is 219 Å². The predicted molar refractivity (Wildman–Crippen MR) is 135 cm³/mol. The van der Waals surface area contributed by atoms with Crippen molar-refractivity contribution in [2.45, 2.75) is 25.9 Å². The molecular formula is C25H26FN7O4S. The lowest BCUT2D eigenvalue weighted by atomic mass is 9.90. The molecule has 38 heavy (non-hydrogen) atoms. The average Bonchev–Trinajstić information content (AvgIpc) is 3.27. The van der Waals surface area contributed by atoms with Gasteiger partial charge in [-0.1, -0.05) is 18.2 Å². The lowest BCUT2D eigenvalue weighted by molar-refractivity contribution is 0.0926. The second kappa shape index (κ2) is 10.7. The quantitative estimate of drug-likeness (QED) is 0.541. The van der Waals surface area contributed by atoms with Gasteiger partial charge in [0.2, 0.25) is 0 Å². The zero-order valence-electron chi connectivity index (χ0n) is 21.0. The van der Waals surface area contributed by atoms with Crippen molar-refractivity contribution in [3.63, 3.8) is 0 Å². The van der Waals surface area contributed by atoms with Gasteiger partial charge in [0.15, 0.2) is 0 Å². The molecule has 11 nitrogen and oxygen atoms in total. The van der Waals surface area contributed by atoms with Gasteiger partial charge in [-0.05, 0) is 36.6 Å². The highest BCUT2D eigenvalue weighted by Crippen LogP contribution is 2.38. The van der Waals surface area contributed by atoms with Gasteiger partial charge >= 0.3 is 10.2 Å². The number of carbonyl (C=O) groups excluding carboxylic acids is 2. The van der Waals surface area contributed by atoms with E-state index in [1.165, 1.54) is 36.6 Å². The van der Waals surface area contributed by atoms with Crippen molar-refractivity contribution in [1.82, 2.24) is 29.2 Å². The maximum absolute atomic E-state index is 13.5. The molecule has 0 bridgehead atoms. The summed E-state index contributed by atoms with van der Waals surface area (Å²) in [6.07, 6.45) is 4.70. The highest BCUT2D eigenvalue weighted by molar-refractivity contribution is 7.86. The highest BCUT2D eigenvalue weighted by Gasteiger charge is 2.44.